The number of hydrogen-bond acceptors (Lipinski definition) is 3. The molecule has 2 rings (SSSR count). The largest absolute Gasteiger partial charge is 0.426 e. The van der Waals surface area contributed by atoms with E-state index < -0.39 is 0 Å². The lowest BCUT2D eigenvalue weighted by atomic mass is 10.5. The SMILES string of the molecule is N=Cc1ccc2ocnn12. The Labute approximate surface area is 56.6 Å². The Balaban J connectivity index is 2.88. The van der Waals surface area contributed by atoms with Crippen LogP contribution in [0.2, 0.25) is 0 Å². The van der Waals surface area contributed by atoms with Gasteiger partial charge in [-0.25, -0.2) is 0 Å². The molecule has 4 nitrogen and oxygen atoms in total. The number of rotatable bonds is 1. The lowest BCUT2D eigenvalue weighted by molar-refractivity contribution is 0.601. The molecule has 50 valence electrons. The van der Waals surface area contributed by atoms with Crippen molar-refractivity contribution in [3.63, 3.8) is 0 Å². The molecule has 0 unspecified atom stereocenters. The topological polar surface area (TPSA) is 54.3 Å². The summed E-state index contributed by atoms with van der Waals surface area (Å²) in [5, 5.41) is 10.8. The van der Waals surface area contributed by atoms with Gasteiger partial charge in [0.2, 0.25) is 12.1 Å². The van der Waals surface area contributed by atoms with Crippen molar-refractivity contribution >= 4 is 11.9 Å². The first-order valence-corrected chi connectivity index (χ1v) is 2.83. The van der Waals surface area contributed by atoms with E-state index in [1.807, 2.05) is 0 Å². The molecule has 0 saturated heterocycles. The molecule has 0 spiro atoms. The number of nitrogens with one attached hydrogen (secondary N) is 1. The van der Waals surface area contributed by atoms with Crippen LogP contribution in [0.1, 0.15) is 5.69 Å². The first-order valence-electron chi connectivity index (χ1n) is 2.83. The Morgan fingerprint density at radius 3 is 3.30 bits per heavy atom. The highest BCUT2D eigenvalue weighted by atomic mass is 16.4. The summed E-state index contributed by atoms with van der Waals surface area (Å²) in [6.07, 6.45) is 2.58. The van der Waals surface area contributed by atoms with Crippen molar-refractivity contribution in [3.8, 4) is 0 Å². The molecule has 1 N–H and O–H groups in total. The second-order valence-electron chi connectivity index (χ2n) is 1.89. The molecule has 0 saturated carbocycles. The van der Waals surface area contributed by atoms with Crippen LogP contribution in [0, 0.1) is 5.41 Å². The maximum Gasteiger partial charge on any atom is 0.222 e. The zero-order valence-corrected chi connectivity index (χ0v) is 5.11. The second kappa shape index (κ2) is 1.70. The highest BCUT2D eigenvalue weighted by Gasteiger charge is 1.99. The summed E-state index contributed by atoms with van der Waals surface area (Å²) in [4.78, 5) is 0. The predicted octanol–water partition coefficient (Wildman–Crippen LogP) is 0.925. The van der Waals surface area contributed by atoms with Gasteiger partial charge in [-0.1, -0.05) is 0 Å². The molecule has 0 fully saturated rings. The Hall–Kier alpha value is -1.58. The standard InChI is InChI=1S/C6H5N3O/c7-3-5-1-2-6-9(5)8-4-10-6/h1-4,7H. The fraction of sp³-hybridized carbons (Fsp3) is 0. The van der Waals surface area contributed by atoms with Crippen LogP contribution in [-0.4, -0.2) is 15.8 Å². The average Bonchev–Trinajstić information content (AvgIpc) is 2.44. The Kier molecular flexibility index (Phi) is 0.887. The predicted molar refractivity (Wildman–Crippen MR) is 35.3 cm³/mol. The third-order valence-corrected chi connectivity index (χ3v) is 1.33. The van der Waals surface area contributed by atoms with Crippen LogP contribution in [0.25, 0.3) is 5.71 Å². The van der Waals surface area contributed by atoms with Gasteiger partial charge in [-0.15, -0.1) is 5.10 Å². The molecule has 0 aliphatic rings. The van der Waals surface area contributed by atoms with Crippen LogP contribution in [0.3, 0.4) is 0 Å². The highest BCUT2D eigenvalue weighted by molar-refractivity contribution is 5.76. The van der Waals surface area contributed by atoms with Gasteiger partial charge >= 0.3 is 0 Å². The van der Waals surface area contributed by atoms with Gasteiger partial charge < -0.3 is 9.83 Å². The van der Waals surface area contributed by atoms with Gasteiger partial charge in [0.05, 0.1) is 5.69 Å². The molecule has 0 bridgehead atoms. The highest BCUT2D eigenvalue weighted by Crippen LogP contribution is 2.05. The molecule has 4 heteroatoms. The van der Waals surface area contributed by atoms with Crippen LogP contribution in [0.5, 0.6) is 0 Å². The van der Waals surface area contributed by atoms with Crippen molar-refractivity contribution < 1.29 is 4.42 Å². The van der Waals surface area contributed by atoms with E-state index in [0.29, 0.717) is 5.71 Å². The minimum atomic E-state index is 0.665. The van der Waals surface area contributed by atoms with Gasteiger partial charge in [0.25, 0.3) is 0 Å². The molecule has 0 aromatic carbocycles. The van der Waals surface area contributed by atoms with Crippen LogP contribution in [-0.2, 0) is 0 Å². The van der Waals surface area contributed by atoms with Gasteiger partial charge in [0.1, 0.15) is 0 Å². The molecular weight excluding hydrogens is 130 g/mol. The van der Waals surface area contributed by atoms with Crippen LogP contribution < -0.4 is 0 Å². The minimum absolute atomic E-state index is 0.665. The Morgan fingerprint density at radius 1 is 1.60 bits per heavy atom. The molecule has 2 heterocycles. The number of hydrogen-bond donors (Lipinski definition) is 1. The summed E-state index contributed by atoms with van der Waals surface area (Å²) < 4.78 is 6.51. The molecular formula is C6H5N3O. The summed E-state index contributed by atoms with van der Waals surface area (Å²) in [6, 6.07) is 3.55. The summed E-state index contributed by atoms with van der Waals surface area (Å²) in [6.45, 7) is 0. The first-order chi connectivity index (χ1) is 4.92. The average molecular weight is 135 g/mol. The minimum Gasteiger partial charge on any atom is -0.426 e. The lowest BCUT2D eigenvalue weighted by Gasteiger charge is -1.81. The van der Waals surface area contributed by atoms with Crippen LogP contribution >= 0.6 is 0 Å². The van der Waals surface area contributed by atoms with Gasteiger partial charge in [-0.2, -0.15) is 4.52 Å². The summed E-state index contributed by atoms with van der Waals surface area (Å²) in [5.41, 5.74) is 1.39. The van der Waals surface area contributed by atoms with Crippen molar-refractivity contribution in [2.45, 2.75) is 0 Å². The van der Waals surface area contributed by atoms with E-state index in [1.54, 1.807) is 16.6 Å². The van der Waals surface area contributed by atoms with E-state index in [-0.39, 0.29) is 0 Å². The van der Waals surface area contributed by atoms with Crippen molar-refractivity contribution in [3.05, 3.63) is 24.2 Å². The summed E-state index contributed by atoms with van der Waals surface area (Å²) in [5.74, 6) is 0. The van der Waals surface area contributed by atoms with Crippen molar-refractivity contribution in [1.82, 2.24) is 9.61 Å². The molecule has 0 aliphatic heterocycles. The molecule has 0 atom stereocenters. The van der Waals surface area contributed by atoms with E-state index in [4.69, 9.17) is 9.83 Å². The van der Waals surface area contributed by atoms with Crippen molar-refractivity contribution in [2.24, 2.45) is 0 Å². The molecule has 2 aromatic rings. The van der Waals surface area contributed by atoms with E-state index >= 15 is 0 Å². The number of fused-ring (bicyclic) bond motifs is 1. The van der Waals surface area contributed by atoms with E-state index in [9.17, 15) is 0 Å². The second-order valence-corrected chi connectivity index (χ2v) is 1.89. The normalized spacial score (nSPS) is 10.4. The van der Waals surface area contributed by atoms with Gasteiger partial charge in [-0.3, -0.25) is 0 Å². The molecule has 10 heavy (non-hydrogen) atoms. The van der Waals surface area contributed by atoms with E-state index in [2.05, 4.69) is 5.10 Å². The monoisotopic (exact) mass is 135 g/mol. The van der Waals surface area contributed by atoms with Gasteiger partial charge in [0, 0.05) is 12.3 Å². The maximum absolute atomic E-state index is 6.95. The van der Waals surface area contributed by atoms with Crippen LogP contribution in [0.15, 0.2) is 22.9 Å². The molecule has 0 radical (unpaired) electrons. The third kappa shape index (κ3) is 0.500. The van der Waals surface area contributed by atoms with Crippen molar-refractivity contribution in [1.29, 1.82) is 5.41 Å². The first kappa shape index (κ1) is 5.22. The van der Waals surface area contributed by atoms with Crippen molar-refractivity contribution in [2.75, 3.05) is 0 Å². The molecule has 0 aliphatic carbocycles. The molecule has 0 amide bonds. The molecule has 2 aromatic heterocycles. The van der Waals surface area contributed by atoms with E-state index in [0.717, 1.165) is 5.69 Å². The van der Waals surface area contributed by atoms with Gasteiger partial charge in [-0.05, 0) is 6.07 Å². The van der Waals surface area contributed by atoms with Crippen LogP contribution in [0.4, 0.5) is 0 Å². The maximum atomic E-state index is 6.95. The Bertz CT molecular complexity index is 360. The smallest absolute Gasteiger partial charge is 0.222 e. The quantitative estimate of drug-likeness (QED) is 0.591. The zero-order chi connectivity index (χ0) is 6.97. The number of nitrogens with zero attached hydrogens (tertiary/aromatic N) is 2. The Morgan fingerprint density at radius 2 is 2.50 bits per heavy atom. The lowest BCUT2D eigenvalue weighted by Crippen LogP contribution is -1.88. The van der Waals surface area contributed by atoms with E-state index in [1.165, 1.54) is 12.6 Å². The summed E-state index contributed by atoms with van der Waals surface area (Å²) in [7, 11) is 0. The van der Waals surface area contributed by atoms with Gasteiger partial charge in [0.15, 0.2) is 0 Å². The third-order valence-electron chi connectivity index (χ3n) is 1.33. The fourth-order valence-corrected chi connectivity index (χ4v) is 0.872. The zero-order valence-electron chi connectivity index (χ0n) is 5.11. The summed E-state index contributed by atoms with van der Waals surface area (Å²) >= 11 is 0. The number of aromatic nitrogens is 2. The fourth-order valence-electron chi connectivity index (χ4n) is 0.872.